The second-order valence-corrected chi connectivity index (χ2v) is 5.66. The predicted octanol–water partition coefficient (Wildman–Crippen LogP) is 2.43. The Morgan fingerprint density at radius 2 is 2.28 bits per heavy atom. The normalized spacial score (nSPS) is 21.2. The molecule has 1 aromatic rings. The molecule has 0 amide bonds. The summed E-state index contributed by atoms with van der Waals surface area (Å²) < 4.78 is 0. The first kappa shape index (κ1) is 13.7. The molecule has 2 rings (SSSR count). The van der Waals surface area contributed by atoms with E-state index in [4.69, 9.17) is 17.3 Å². The van der Waals surface area contributed by atoms with E-state index in [-0.39, 0.29) is 6.61 Å². The largest absolute Gasteiger partial charge is 0.398 e. The Morgan fingerprint density at radius 3 is 3.00 bits per heavy atom. The molecule has 0 bridgehead atoms. The Labute approximate surface area is 114 Å². The van der Waals surface area contributed by atoms with Crippen LogP contribution in [0.1, 0.15) is 24.0 Å². The van der Waals surface area contributed by atoms with Crippen LogP contribution in [0.2, 0.25) is 5.02 Å². The summed E-state index contributed by atoms with van der Waals surface area (Å²) in [5.74, 6) is 0.403. The van der Waals surface area contributed by atoms with E-state index < -0.39 is 0 Å². The number of aryl methyl sites for hydroxylation is 1. The van der Waals surface area contributed by atoms with Gasteiger partial charge in [0.2, 0.25) is 0 Å². The minimum absolute atomic E-state index is 0.278. The van der Waals surface area contributed by atoms with Gasteiger partial charge >= 0.3 is 0 Å². The Morgan fingerprint density at radius 1 is 1.50 bits per heavy atom. The lowest BCUT2D eigenvalue weighted by molar-refractivity contribution is 0.116. The van der Waals surface area contributed by atoms with E-state index in [9.17, 15) is 5.11 Å². The van der Waals surface area contributed by atoms with E-state index in [1.54, 1.807) is 0 Å². The molecular weight excluding hydrogens is 248 g/mol. The summed E-state index contributed by atoms with van der Waals surface area (Å²) >= 11 is 6.08. The molecule has 0 spiro atoms. The van der Waals surface area contributed by atoms with Crippen LogP contribution in [0.25, 0.3) is 0 Å². The van der Waals surface area contributed by atoms with Gasteiger partial charge in [0.1, 0.15) is 0 Å². The van der Waals surface area contributed by atoms with Gasteiger partial charge in [-0.05, 0) is 55.5 Å². The van der Waals surface area contributed by atoms with Crippen molar-refractivity contribution in [1.29, 1.82) is 0 Å². The molecule has 1 unspecified atom stereocenters. The third-order valence-electron chi connectivity index (χ3n) is 3.69. The third-order valence-corrected chi connectivity index (χ3v) is 3.91. The molecule has 1 atom stereocenters. The lowest BCUT2D eigenvalue weighted by atomic mass is 9.98. The number of piperidine rings is 1. The number of anilines is 1. The third kappa shape index (κ3) is 3.16. The monoisotopic (exact) mass is 268 g/mol. The van der Waals surface area contributed by atoms with Crippen molar-refractivity contribution in [3.63, 3.8) is 0 Å². The van der Waals surface area contributed by atoms with Crippen LogP contribution in [0.15, 0.2) is 12.1 Å². The number of hydrogen-bond donors (Lipinski definition) is 2. The number of halogens is 1. The van der Waals surface area contributed by atoms with Crippen molar-refractivity contribution in [1.82, 2.24) is 4.90 Å². The molecule has 18 heavy (non-hydrogen) atoms. The molecule has 0 aliphatic carbocycles. The summed E-state index contributed by atoms with van der Waals surface area (Å²) in [5, 5.41) is 9.99. The number of aliphatic hydroxyl groups is 1. The molecule has 1 aromatic carbocycles. The molecule has 3 nitrogen and oxygen atoms in total. The molecule has 1 heterocycles. The Balaban J connectivity index is 2.09. The summed E-state index contributed by atoms with van der Waals surface area (Å²) in [7, 11) is 0. The van der Waals surface area contributed by atoms with Crippen molar-refractivity contribution in [3.8, 4) is 0 Å². The number of hydrogen-bond acceptors (Lipinski definition) is 3. The number of nitrogens with two attached hydrogens (primary N) is 1. The molecule has 100 valence electrons. The Bertz CT molecular complexity index is 423. The molecule has 0 aromatic heterocycles. The van der Waals surface area contributed by atoms with Crippen molar-refractivity contribution in [2.24, 2.45) is 5.92 Å². The van der Waals surface area contributed by atoms with Gasteiger partial charge in [-0.15, -0.1) is 0 Å². The zero-order chi connectivity index (χ0) is 13.1. The molecule has 1 aliphatic rings. The molecule has 1 fully saturated rings. The van der Waals surface area contributed by atoms with Gasteiger partial charge in [0.25, 0.3) is 0 Å². The van der Waals surface area contributed by atoms with Crippen LogP contribution in [0.5, 0.6) is 0 Å². The number of aliphatic hydroxyl groups excluding tert-OH is 1. The molecule has 1 saturated heterocycles. The Hall–Kier alpha value is -0.770. The van der Waals surface area contributed by atoms with E-state index >= 15 is 0 Å². The first-order valence-corrected chi connectivity index (χ1v) is 6.85. The average molecular weight is 269 g/mol. The van der Waals surface area contributed by atoms with E-state index in [1.165, 1.54) is 0 Å². The zero-order valence-electron chi connectivity index (χ0n) is 10.8. The second kappa shape index (κ2) is 5.91. The van der Waals surface area contributed by atoms with Gasteiger partial charge in [0, 0.05) is 30.4 Å². The van der Waals surface area contributed by atoms with Crippen LogP contribution in [-0.4, -0.2) is 29.7 Å². The highest BCUT2D eigenvalue weighted by Crippen LogP contribution is 2.26. The van der Waals surface area contributed by atoms with Crippen LogP contribution in [-0.2, 0) is 6.54 Å². The van der Waals surface area contributed by atoms with Crippen molar-refractivity contribution in [3.05, 3.63) is 28.3 Å². The van der Waals surface area contributed by atoms with Crippen molar-refractivity contribution in [2.45, 2.75) is 26.3 Å². The van der Waals surface area contributed by atoms with E-state index in [2.05, 4.69) is 4.90 Å². The fraction of sp³-hybridized carbons (Fsp3) is 0.571. The van der Waals surface area contributed by atoms with Gasteiger partial charge in [-0.1, -0.05) is 11.6 Å². The second-order valence-electron chi connectivity index (χ2n) is 5.22. The van der Waals surface area contributed by atoms with Gasteiger partial charge in [0.15, 0.2) is 0 Å². The topological polar surface area (TPSA) is 49.5 Å². The maximum atomic E-state index is 9.25. The highest BCUT2D eigenvalue weighted by molar-refractivity contribution is 6.30. The molecular formula is C14H21ClN2O. The molecule has 0 radical (unpaired) electrons. The number of nitrogens with zero attached hydrogens (tertiary/aromatic N) is 1. The van der Waals surface area contributed by atoms with Gasteiger partial charge in [-0.3, -0.25) is 4.90 Å². The van der Waals surface area contributed by atoms with Gasteiger partial charge < -0.3 is 10.8 Å². The van der Waals surface area contributed by atoms with E-state index in [0.717, 1.165) is 54.3 Å². The van der Waals surface area contributed by atoms with Gasteiger partial charge in [-0.2, -0.15) is 0 Å². The van der Waals surface area contributed by atoms with E-state index in [1.807, 2.05) is 19.1 Å². The van der Waals surface area contributed by atoms with Crippen molar-refractivity contribution < 1.29 is 5.11 Å². The van der Waals surface area contributed by atoms with Crippen LogP contribution in [0, 0.1) is 12.8 Å². The molecule has 4 heteroatoms. The quantitative estimate of drug-likeness (QED) is 0.828. The highest BCUT2D eigenvalue weighted by Gasteiger charge is 2.20. The maximum Gasteiger partial charge on any atom is 0.0471 e. The van der Waals surface area contributed by atoms with E-state index in [0.29, 0.717) is 5.92 Å². The van der Waals surface area contributed by atoms with Crippen LogP contribution in [0.4, 0.5) is 5.69 Å². The first-order valence-electron chi connectivity index (χ1n) is 6.48. The minimum Gasteiger partial charge on any atom is -0.398 e. The fourth-order valence-electron chi connectivity index (χ4n) is 2.64. The summed E-state index contributed by atoms with van der Waals surface area (Å²) in [5.41, 5.74) is 9.07. The first-order chi connectivity index (χ1) is 8.60. The average Bonchev–Trinajstić information content (AvgIpc) is 2.35. The molecule has 3 N–H and O–H groups in total. The lowest BCUT2D eigenvalue weighted by Gasteiger charge is -2.32. The van der Waals surface area contributed by atoms with Crippen LogP contribution < -0.4 is 5.73 Å². The predicted molar refractivity (Wildman–Crippen MR) is 75.7 cm³/mol. The van der Waals surface area contributed by atoms with Gasteiger partial charge in [0.05, 0.1) is 0 Å². The SMILES string of the molecule is Cc1cc(Cl)cc(CN2CCCC(CO)C2)c1N. The van der Waals surface area contributed by atoms with Gasteiger partial charge in [-0.25, -0.2) is 0 Å². The fourth-order valence-corrected chi connectivity index (χ4v) is 2.93. The smallest absolute Gasteiger partial charge is 0.0471 e. The maximum absolute atomic E-state index is 9.25. The van der Waals surface area contributed by atoms with Crippen LogP contribution in [0.3, 0.4) is 0 Å². The standard InChI is InChI=1S/C14H21ClN2O/c1-10-5-13(15)6-12(14(10)16)8-17-4-2-3-11(7-17)9-18/h5-6,11,18H,2-4,7-9,16H2,1H3. The highest BCUT2D eigenvalue weighted by atomic mass is 35.5. The Kier molecular flexibility index (Phi) is 4.49. The summed E-state index contributed by atoms with van der Waals surface area (Å²) in [4.78, 5) is 2.35. The van der Waals surface area contributed by atoms with Crippen LogP contribution >= 0.6 is 11.6 Å². The molecule has 0 saturated carbocycles. The number of likely N-dealkylation sites (tertiary alicyclic amines) is 1. The number of rotatable bonds is 3. The lowest BCUT2D eigenvalue weighted by Crippen LogP contribution is -2.36. The zero-order valence-corrected chi connectivity index (χ0v) is 11.6. The van der Waals surface area contributed by atoms with Crippen molar-refractivity contribution >= 4 is 17.3 Å². The minimum atomic E-state index is 0.278. The number of nitrogen functional groups attached to an aromatic ring is 1. The van der Waals surface area contributed by atoms with Crippen molar-refractivity contribution in [2.75, 3.05) is 25.4 Å². The summed E-state index contributed by atoms with van der Waals surface area (Å²) in [6.07, 6.45) is 2.27. The summed E-state index contributed by atoms with van der Waals surface area (Å²) in [6, 6.07) is 3.85. The molecule has 1 aliphatic heterocycles. The number of benzene rings is 1. The summed E-state index contributed by atoms with van der Waals surface area (Å²) in [6.45, 7) is 5.10.